The molecule has 0 heterocycles. The number of aliphatic hydroxyl groups excluding tert-OH is 1. The molecule has 1 aromatic carbocycles. The minimum atomic E-state index is -0.706. The lowest BCUT2D eigenvalue weighted by molar-refractivity contribution is -0.384. The van der Waals surface area contributed by atoms with E-state index in [1.807, 2.05) is 0 Å². The molecule has 1 rings (SSSR count). The van der Waals surface area contributed by atoms with Crippen LogP contribution in [0, 0.1) is 10.1 Å². The molecule has 0 aromatic heterocycles. The number of nitrogens with zero attached hydrogens (tertiary/aromatic N) is 1. The SMILES string of the molecule is CC(=O)/C(=C\c1cccc([N+](=O)[O-])c1)C(=O)OCCCCCCCCCCO. The molecule has 0 aliphatic carbocycles. The minimum Gasteiger partial charge on any atom is -0.462 e. The quantitative estimate of drug-likeness (QED) is 0.0967. The molecular weight excluding hydrogens is 362 g/mol. The number of nitro groups is 1. The monoisotopic (exact) mass is 391 g/mol. The number of benzene rings is 1. The fourth-order valence-electron chi connectivity index (χ4n) is 2.72. The fraction of sp³-hybridized carbons (Fsp3) is 0.524. The standard InChI is InChI=1S/C21H29NO6/c1-17(24)20(16-18-11-10-12-19(15-18)22(26)27)21(25)28-14-9-7-5-3-2-4-6-8-13-23/h10-12,15-16,23H,2-9,13-14H2,1H3/b20-16+. The molecule has 0 aliphatic heterocycles. The molecule has 0 saturated carbocycles. The van der Waals surface area contributed by atoms with E-state index in [-0.39, 0.29) is 24.5 Å². The fourth-order valence-corrected chi connectivity index (χ4v) is 2.72. The van der Waals surface area contributed by atoms with Gasteiger partial charge in [0.2, 0.25) is 0 Å². The van der Waals surface area contributed by atoms with Gasteiger partial charge >= 0.3 is 5.97 Å². The van der Waals surface area contributed by atoms with Gasteiger partial charge in [0.25, 0.3) is 5.69 Å². The molecule has 0 saturated heterocycles. The van der Waals surface area contributed by atoms with E-state index in [2.05, 4.69) is 0 Å². The molecule has 0 fully saturated rings. The number of esters is 1. The molecule has 28 heavy (non-hydrogen) atoms. The molecule has 0 bridgehead atoms. The van der Waals surface area contributed by atoms with Crippen LogP contribution in [0.15, 0.2) is 29.8 Å². The summed E-state index contributed by atoms with van der Waals surface area (Å²) in [5.74, 6) is -1.15. The van der Waals surface area contributed by atoms with Crippen molar-refractivity contribution in [3.8, 4) is 0 Å². The lowest BCUT2D eigenvalue weighted by Gasteiger charge is -2.07. The van der Waals surface area contributed by atoms with Crippen LogP contribution in [0.3, 0.4) is 0 Å². The first-order valence-corrected chi connectivity index (χ1v) is 9.70. The smallest absolute Gasteiger partial charge is 0.341 e. The number of hydrogen-bond acceptors (Lipinski definition) is 6. The lowest BCUT2D eigenvalue weighted by Crippen LogP contribution is -2.14. The summed E-state index contributed by atoms with van der Waals surface area (Å²) in [6, 6.07) is 5.73. The van der Waals surface area contributed by atoms with Crippen molar-refractivity contribution in [3.63, 3.8) is 0 Å². The minimum absolute atomic E-state index is 0.110. The number of nitro benzene ring substituents is 1. The zero-order chi connectivity index (χ0) is 20.8. The highest BCUT2D eigenvalue weighted by molar-refractivity contribution is 6.19. The van der Waals surface area contributed by atoms with Crippen molar-refractivity contribution in [2.24, 2.45) is 0 Å². The highest BCUT2D eigenvalue weighted by Crippen LogP contribution is 2.17. The van der Waals surface area contributed by atoms with E-state index in [0.717, 1.165) is 51.4 Å². The first-order chi connectivity index (χ1) is 13.5. The van der Waals surface area contributed by atoms with Crippen LogP contribution in [0.25, 0.3) is 6.08 Å². The lowest BCUT2D eigenvalue weighted by atomic mass is 10.1. The number of rotatable bonds is 14. The second kappa shape index (κ2) is 13.6. The topological polar surface area (TPSA) is 107 Å². The van der Waals surface area contributed by atoms with Gasteiger partial charge < -0.3 is 9.84 Å². The number of carbonyl (C=O) groups excluding carboxylic acids is 2. The van der Waals surface area contributed by atoms with E-state index in [9.17, 15) is 19.7 Å². The number of Topliss-reactive ketones (excluding diaryl/α,β-unsaturated/α-hetero) is 1. The van der Waals surface area contributed by atoms with Gasteiger partial charge in [-0.15, -0.1) is 0 Å². The van der Waals surface area contributed by atoms with Gasteiger partial charge in [-0.3, -0.25) is 14.9 Å². The largest absolute Gasteiger partial charge is 0.462 e. The zero-order valence-corrected chi connectivity index (χ0v) is 16.4. The molecule has 0 aliphatic rings. The summed E-state index contributed by atoms with van der Waals surface area (Å²) in [6.45, 7) is 1.76. The average molecular weight is 391 g/mol. The van der Waals surface area contributed by atoms with E-state index >= 15 is 0 Å². The maximum absolute atomic E-state index is 12.2. The molecule has 0 radical (unpaired) electrons. The second-order valence-electron chi connectivity index (χ2n) is 6.65. The summed E-state index contributed by atoms with van der Waals surface area (Å²) in [5.41, 5.74) is 0.170. The van der Waals surface area contributed by atoms with E-state index in [1.54, 1.807) is 6.07 Å². The number of hydrogen-bond donors (Lipinski definition) is 1. The number of unbranched alkanes of at least 4 members (excludes halogenated alkanes) is 7. The van der Waals surface area contributed by atoms with E-state index in [1.165, 1.54) is 31.2 Å². The molecule has 0 atom stereocenters. The van der Waals surface area contributed by atoms with Gasteiger partial charge in [-0.25, -0.2) is 4.79 Å². The van der Waals surface area contributed by atoms with Gasteiger partial charge in [0.05, 0.1) is 11.5 Å². The number of carbonyl (C=O) groups is 2. The van der Waals surface area contributed by atoms with E-state index in [4.69, 9.17) is 9.84 Å². The van der Waals surface area contributed by atoms with E-state index in [0.29, 0.717) is 5.56 Å². The Bertz CT molecular complexity index is 683. The van der Waals surface area contributed by atoms with Crippen LogP contribution in [0.1, 0.15) is 63.9 Å². The third-order valence-electron chi connectivity index (χ3n) is 4.28. The van der Waals surface area contributed by atoms with Gasteiger partial charge in [0.15, 0.2) is 5.78 Å². The number of aliphatic hydroxyl groups is 1. The van der Waals surface area contributed by atoms with Crippen molar-refractivity contribution in [1.82, 2.24) is 0 Å². The summed E-state index contributed by atoms with van der Waals surface area (Å²) < 4.78 is 5.19. The summed E-state index contributed by atoms with van der Waals surface area (Å²) in [6.07, 6.45) is 9.34. The summed E-state index contributed by atoms with van der Waals surface area (Å²) in [4.78, 5) is 34.3. The van der Waals surface area contributed by atoms with Gasteiger partial charge in [0.1, 0.15) is 5.57 Å². The highest BCUT2D eigenvalue weighted by atomic mass is 16.6. The summed E-state index contributed by atoms with van der Waals surface area (Å²) in [5, 5.41) is 19.5. The Balaban J connectivity index is 2.42. The number of non-ortho nitro benzene ring substituents is 1. The van der Waals surface area contributed by atoms with Crippen LogP contribution in [0.5, 0.6) is 0 Å². The first kappa shape index (κ1) is 23.5. The predicted octanol–water partition coefficient (Wildman–Crippen LogP) is 4.22. The van der Waals surface area contributed by atoms with Crippen molar-refractivity contribution in [1.29, 1.82) is 0 Å². The highest BCUT2D eigenvalue weighted by Gasteiger charge is 2.16. The van der Waals surface area contributed by atoms with Crippen molar-refractivity contribution < 1.29 is 24.4 Å². The molecule has 0 unspecified atom stereocenters. The van der Waals surface area contributed by atoms with Crippen molar-refractivity contribution >= 4 is 23.5 Å². The molecule has 7 heteroatoms. The van der Waals surface area contributed by atoms with Crippen molar-refractivity contribution in [2.75, 3.05) is 13.2 Å². The molecule has 0 amide bonds. The Morgan fingerprint density at radius 3 is 2.25 bits per heavy atom. The molecule has 154 valence electrons. The van der Waals surface area contributed by atoms with Crippen LogP contribution < -0.4 is 0 Å². The van der Waals surface area contributed by atoms with Gasteiger partial charge in [-0.1, -0.05) is 50.7 Å². The predicted molar refractivity (Wildman–Crippen MR) is 107 cm³/mol. The van der Waals surface area contributed by atoms with Gasteiger partial charge in [-0.2, -0.15) is 0 Å². The first-order valence-electron chi connectivity index (χ1n) is 9.70. The molecule has 0 spiro atoms. The number of ketones is 1. The maximum Gasteiger partial charge on any atom is 0.341 e. The Labute approximate surface area is 165 Å². The van der Waals surface area contributed by atoms with Crippen LogP contribution in [0.4, 0.5) is 5.69 Å². The van der Waals surface area contributed by atoms with Crippen LogP contribution in [0.2, 0.25) is 0 Å². The Hall–Kier alpha value is -2.54. The third kappa shape index (κ3) is 9.41. The summed E-state index contributed by atoms with van der Waals surface area (Å²) >= 11 is 0. The number of ether oxygens (including phenoxy) is 1. The van der Waals surface area contributed by atoms with Crippen LogP contribution in [-0.4, -0.2) is 35.0 Å². The van der Waals surface area contributed by atoms with E-state index < -0.39 is 16.7 Å². The zero-order valence-electron chi connectivity index (χ0n) is 16.4. The summed E-state index contributed by atoms with van der Waals surface area (Å²) in [7, 11) is 0. The van der Waals surface area contributed by atoms with Gasteiger partial charge in [0, 0.05) is 18.7 Å². The second-order valence-corrected chi connectivity index (χ2v) is 6.65. The Morgan fingerprint density at radius 2 is 1.68 bits per heavy atom. The molecule has 1 aromatic rings. The molecule has 1 N–H and O–H groups in total. The van der Waals surface area contributed by atoms with Crippen LogP contribution in [-0.2, 0) is 14.3 Å². The van der Waals surface area contributed by atoms with Crippen LogP contribution >= 0.6 is 0 Å². The third-order valence-corrected chi connectivity index (χ3v) is 4.28. The van der Waals surface area contributed by atoms with Crippen molar-refractivity contribution in [3.05, 3.63) is 45.5 Å². The average Bonchev–Trinajstić information content (AvgIpc) is 2.67. The Morgan fingerprint density at radius 1 is 1.07 bits per heavy atom. The maximum atomic E-state index is 12.2. The van der Waals surface area contributed by atoms with Gasteiger partial charge in [-0.05, 0) is 31.4 Å². The Kier molecular flexibility index (Phi) is 11.4. The molecular formula is C21H29NO6. The molecule has 7 nitrogen and oxygen atoms in total. The van der Waals surface area contributed by atoms with Crippen molar-refractivity contribution in [2.45, 2.75) is 58.3 Å². The normalized spacial score (nSPS) is 11.3.